The van der Waals surface area contributed by atoms with Crippen LogP contribution in [0.3, 0.4) is 0 Å². The maximum absolute atomic E-state index is 13.6. The summed E-state index contributed by atoms with van der Waals surface area (Å²) >= 11 is 5.90. The van der Waals surface area contributed by atoms with Gasteiger partial charge in [-0.15, -0.1) is 11.6 Å². The lowest BCUT2D eigenvalue weighted by molar-refractivity contribution is 0.0940. The highest BCUT2D eigenvalue weighted by Crippen LogP contribution is 2.19. The van der Waals surface area contributed by atoms with Crippen LogP contribution < -0.4 is 10.1 Å². The van der Waals surface area contributed by atoms with Gasteiger partial charge in [0.05, 0.1) is 13.2 Å². The highest BCUT2D eigenvalue weighted by Gasteiger charge is 2.16. The number of hydrogen-bond acceptors (Lipinski definition) is 2. The number of carbonyl (C=O) groups is 1. The van der Waals surface area contributed by atoms with E-state index in [2.05, 4.69) is 5.32 Å². The molecule has 2 rings (SSSR count). The predicted molar refractivity (Wildman–Crippen MR) is 80.3 cm³/mol. The highest BCUT2D eigenvalue weighted by atomic mass is 35.5. The largest absolute Gasteiger partial charge is 0.494 e. The molecule has 0 aliphatic carbocycles. The number of halogens is 2. The van der Waals surface area contributed by atoms with Crippen LogP contribution in [0.1, 0.15) is 22.0 Å². The zero-order valence-electron chi connectivity index (χ0n) is 11.5. The lowest BCUT2D eigenvalue weighted by Gasteiger charge is -2.16. The Morgan fingerprint density at radius 3 is 2.57 bits per heavy atom. The fraction of sp³-hybridized carbons (Fsp3) is 0.188. The first-order valence-corrected chi connectivity index (χ1v) is 6.94. The maximum Gasteiger partial charge on any atom is 0.251 e. The van der Waals surface area contributed by atoms with Crippen LogP contribution in [0.25, 0.3) is 0 Å². The van der Waals surface area contributed by atoms with Gasteiger partial charge in [0.1, 0.15) is 0 Å². The average molecular weight is 308 g/mol. The van der Waals surface area contributed by atoms with Crippen molar-refractivity contribution >= 4 is 17.5 Å². The van der Waals surface area contributed by atoms with Gasteiger partial charge in [0.25, 0.3) is 5.91 Å². The van der Waals surface area contributed by atoms with Crippen molar-refractivity contribution in [3.05, 3.63) is 65.5 Å². The van der Waals surface area contributed by atoms with E-state index in [1.807, 2.05) is 30.3 Å². The number of benzene rings is 2. The van der Waals surface area contributed by atoms with E-state index >= 15 is 0 Å². The van der Waals surface area contributed by atoms with Gasteiger partial charge in [0, 0.05) is 11.4 Å². The molecule has 0 fully saturated rings. The number of ether oxygens (including phenoxy) is 1. The van der Waals surface area contributed by atoms with Gasteiger partial charge in [-0.2, -0.15) is 0 Å². The first-order chi connectivity index (χ1) is 10.2. The van der Waals surface area contributed by atoms with Gasteiger partial charge in [0.2, 0.25) is 0 Å². The van der Waals surface area contributed by atoms with Crippen molar-refractivity contribution in [2.45, 2.75) is 6.04 Å². The summed E-state index contributed by atoms with van der Waals surface area (Å²) in [6.45, 7) is 0. The summed E-state index contributed by atoms with van der Waals surface area (Å²) in [5, 5.41) is 2.79. The summed E-state index contributed by atoms with van der Waals surface area (Å²) in [7, 11) is 1.37. The Hall–Kier alpha value is -2.07. The number of hydrogen-bond donors (Lipinski definition) is 1. The third kappa shape index (κ3) is 3.73. The van der Waals surface area contributed by atoms with Crippen LogP contribution in [0.2, 0.25) is 0 Å². The predicted octanol–water partition coefficient (Wildman–Crippen LogP) is 3.54. The Kier molecular flexibility index (Phi) is 5.17. The van der Waals surface area contributed by atoms with Crippen molar-refractivity contribution in [1.29, 1.82) is 0 Å². The van der Waals surface area contributed by atoms with E-state index in [1.165, 1.54) is 19.2 Å². The Morgan fingerprint density at radius 2 is 2.00 bits per heavy atom. The van der Waals surface area contributed by atoms with Crippen molar-refractivity contribution in [1.82, 2.24) is 5.32 Å². The molecule has 2 aromatic rings. The Labute approximate surface area is 127 Å². The molecule has 0 radical (unpaired) electrons. The van der Waals surface area contributed by atoms with Crippen LogP contribution in [0, 0.1) is 5.82 Å². The van der Waals surface area contributed by atoms with Gasteiger partial charge in [-0.05, 0) is 23.8 Å². The van der Waals surface area contributed by atoms with Gasteiger partial charge in [-0.3, -0.25) is 4.79 Å². The van der Waals surface area contributed by atoms with Crippen LogP contribution in [0.5, 0.6) is 5.75 Å². The third-order valence-corrected chi connectivity index (χ3v) is 3.38. The fourth-order valence-electron chi connectivity index (χ4n) is 1.95. The molecular weight excluding hydrogens is 293 g/mol. The van der Waals surface area contributed by atoms with Crippen molar-refractivity contribution in [3.63, 3.8) is 0 Å². The highest BCUT2D eigenvalue weighted by molar-refractivity contribution is 6.18. The first-order valence-electron chi connectivity index (χ1n) is 6.41. The van der Waals surface area contributed by atoms with Crippen molar-refractivity contribution in [3.8, 4) is 5.75 Å². The van der Waals surface area contributed by atoms with E-state index in [0.717, 1.165) is 11.6 Å². The molecule has 3 nitrogen and oxygen atoms in total. The van der Waals surface area contributed by atoms with E-state index < -0.39 is 5.82 Å². The van der Waals surface area contributed by atoms with E-state index in [0.29, 0.717) is 0 Å². The Bertz CT molecular complexity index is 619. The molecule has 0 saturated carbocycles. The summed E-state index contributed by atoms with van der Waals surface area (Å²) < 4.78 is 18.4. The number of methoxy groups -OCH3 is 1. The molecule has 0 aromatic heterocycles. The standard InChI is InChI=1S/C16H15ClFNO2/c1-21-15-8-7-12(9-13(15)18)16(20)19-14(10-17)11-5-3-2-4-6-11/h2-9,14H,10H2,1H3,(H,19,20). The molecule has 1 amide bonds. The Morgan fingerprint density at radius 1 is 1.29 bits per heavy atom. The molecule has 1 unspecified atom stereocenters. The molecule has 0 aliphatic heterocycles. The second kappa shape index (κ2) is 7.09. The van der Waals surface area contributed by atoms with Gasteiger partial charge in [-0.1, -0.05) is 30.3 Å². The van der Waals surface area contributed by atoms with E-state index in [-0.39, 0.29) is 29.1 Å². The molecule has 2 aromatic carbocycles. The molecule has 0 bridgehead atoms. The number of nitrogens with one attached hydrogen (secondary N) is 1. The third-order valence-electron chi connectivity index (χ3n) is 3.08. The lowest BCUT2D eigenvalue weighted by Crippen LogP contribution is -2.29. The summed E-state index contributed by atoms with van der Waals surface area (Å²) in [5.41, 5.74) is 1.12. The first kappa shape index (κ1) is 15.3. The minimum Gasteiger partial charge on any atom is -0.494 e. The molecular formula is C16H15ClFNO2. The fourth-order valence-corrected chi connectivity index (χ4v) is 2.20. The molecule has 0 saturated heterocycles. The summed E-state index contributed by atoms with van der Waals surface area (Å²) in [6, 6.07) is 13.1. The lowest BCUT2D eigenvalue weighted by atomic mass is 10.1. The minimum atomic E-state index is -0.577. The van der Waals surface area contributed by atoms with Gasteiger partial charge >= 0.3 is 0 Å². The summed E-state index contributed by atoms with van der Waals surface area (Å²) in [4.78, 5) is 12.2. The van der Waals surface area contributed by atoms with Crippen LogP contribution in [-0.2, 0) is 0 Å². The minimum absolute atomic E-state index is 0.100. The quantitative estimate of drug-likeness (QED) is 0.858. The summed E-state index contributed by atoms with van der Waals surface area (Å²) in [6.07, 6.45) is 0. The number of carbonyl (C=O) groups excluding carboxylic acids is 1. The maximum atomic E-state index is 13.6. The number of amides is 1. The van der Waals surface area contributed by atoms with Gasteiger partial charge in [-0.25, -0.2) is 4.39 Å². The van der Waals surface area contributed by atoms with Crippen LogP contribution in [0.15, 0.2) is 48.5 Å². The molecule has 5 heteroatoms. The van der Waals surface area contributed by atoms with Crippen molar-refractivity contribution < 1.29 is 13.9 Å². The Balaban J connectivity index is 2.15. The smallest absolute Gasteiger partial charge is 0.251 e. The average Bonchev–Trinajstić information content (AvgIpc) is 2.53. The molecule has 1 atom stereocenters. The monoisotopic (exact) mass is 307 g/mol. The van der Waals surface area contributed by atoms with Crippen LogP contribution in [-0.4, -0.2) is 18.9 Å². The molecule has 21 heavy (non-hydrogen) atoms. The van der Waals surface area contributed by atoms with Gasteiger partial charge < -0.3 is 10.1 Å². The van der Waals surface area contributed by atoms with Crippen molar-refractivity contribution in [2.24, 2.45) is 0 Å². The van der Waals surface area contributed by atoms with Crippen molar-refractivity contribution in [2.75, 3.05) is 13.0 Å². The van der Waals surface area contributed by atoms with Gasteiger partial charge in [0.15, 0.2) is 11.6 Å². The van der Waals surface area contributed by atoms with E-state index in [9.17, 15) is 9.18 Å². The van der Waals surface area contributed by atoms with Crippen LogP contribution >= 0.6 is 11.6 Å². The zero-order valence-corrected chi connectivity index (χ0v) is 12.2. The number of alkyl halides is 1. The second-order valence-electron chi connectivity index (χ2n) is 4.44. The molecule has 0 spiro atoms. The zero-order chi connectivity index (χ0) is 15.2. The van der Waals surface area contributed by atoms with E-state index in [4.69, 9.17) is 16.3 Å². The molecule has 1 N–H and O–H groups in total. The second-order valence-corrected chi connectivity index (χ2v) is 4.75. The molecule has 0 aliphatic rings. The molecule has 110 valence electrons. The van der Waals surface area contributed by atoms with E-state index in [1.54, 1.807) is 0 Å². The molecule has 0 heterocycles. The SMILES string of the molecule is COc1ccc(C(=O)NC(CCl)c2ccccc2)cc1F. The number of rotatable bonds is 5. The summed E-state index contributed by atoms with van der Waals surface area (Å²) in [5.74, 6) is -0.629. The topological polar surface area (TPSA) is 38.3 Å². The van der Waals surface area contributed by atoms with Crippen LogP contribution in [0.4, 0.5) is 4.39 Å². The normalized spacial score (nSPS) is 11.8.